The summed E-state index contributed by atoms with van der Waals surface area (Å²) in [7, 11) is 0. The molecule has 1 aliphatic rings. The van der Waals surface area contributed by atoms with E-state index in [-0.39, 0.29) is 24.7 Å². The van der Waals surface area contributed by atoms with E-state index in [0.29, 0.717) is 30.9 Å². The summed E-state index contributed by atoms with van der Waals surface area (Å²) in [5.41, 5.74) is 0.614. The van der Waals surface area contributed by atoms with Gasteiger partial charge in [0.05, 0.1) is 37.2 Å². The van der Waals surface area contributed by atoms with Crippen molar-refractivity contribution in [3.63, 3.8) is 0 Å². The number of furan rings is 1. The number of hydrogen-bond donors (Lipinski definition) is 1. The van der Waals surface area contributed by atoms with Crippen LogP contribution >= 0.6 is 0 Å². The van der Waals surface area contributed by atoms with Gasteiger partial charge in [-0.15, -0.1) is 0 Å². The second-order valence-corrected chi connectivity index (χ2v) is 4.56. The van der Waals surface area contributed by atoms with Gasteiger partial charge in [0.2, 0.25) is 0 Å². The third kappa shape index (κ3) is 2.42. The number of aliphatic hydroxyl groups is 1. The Hall–Kier alpha value is -1.33. The molecule has 5 heteroatoms. The highest BCUT2D eigenvalue weighted by Crippen LogP contribution is 2.19. The maximum absolute atomic E-state index is 12.4. The summed E-state index contributed by atoms with van der Waals surface area (Å²) < 4.78 is 10.7. The number of nitrogens with zero attached hydrogens (tertiary/aromatic N) is 1. The smallest absolute Gasteiger partial charge is 0.257 e. The second kappa shape index (κ2) is 5.54. The molecule has 1 saturated heterocycles. The molecule has 1 fully saturated rings. The van der Waals surface area contributed by atoms with Crippen LogP contribution in [-0.4, -0.2) is 47.8 Å². The van der Waals surface area contributed by atoms with Crippen LogP contribution in [0.1, 0.15) is 30.0 Å². The van der Waals surface area contributed by atoms with Gasteiger partial charge in [-0.2, -0.15) is 0 Å². The molecule has 100 valence electrons. The van der Waals surface area contributed by atoms with Crippen LogP contribution in [0.5, 0.6) is 0 Å². The lowest BCUT2D eigenvalue weighted by molar-refractivity contribution is -0.0667. The molecular weight excluding hydrogens is 234 g/mol. The number of carbonyl (C=O) groups is 1. The van der Waals surface area contributed by atoms with E-state index in [1.54, 1.807) is 17.2 Å². The molecular formula is C13H19NO4. The standard InChI is InChI=1S/C13H19NO4/c1-3-12-11(4-5-17-12)13(16)14-6-10(7-15)18-8-9(14)2/h4-5,9-10,15H,3,6-8H2,1-2H3. The predicted molar refractivity (Wildman–Crippen MR) is 65.4 cm³/mol. The molecule has 1 N–H and O–H groups in total. The van der Waals surface area contributed by atoms with Crippen molar-refractivity contribution in [2.75, 3.05) is 19.8 Å². The molecule has 1 aliphatic heterocycles. The van der Waals surface area contributed by atoms with E-state index in [1.165, 1.54) is 0 Å². The lowest BCUT2D eigenvalue weighted by Gasteiger charge is -2.37. The summed E-state index contributed by atoms with van der Waals surface area (Å²) in [6.45, 7) is 4.70. The Labute approximate surface area is 106 Å². The maximum Gasteiger partial charge on any atom is 0.257 e. The summed E-state index contributed by atoms with van der Waals surface area (Å²) in [5, 5.41) is 9.13. The minimum absolute atomic E-state index is 0.0138. The first-order chi connectivity index (χ1) is 8.67. The van der Waals surface area contributed by atoms with Gasteiger partial charge < -0.3 is 19.2 Å². The summed E-state index contributed by atoms with van der Waals surface area (Å²) in [6.07, 6.45) is 1.94. The van der Waals surface area contributed by atoms with Crippen LogP contribution in [0.25, 0.3) is 0 Å². The summed E-state index contributed by atoms with van der Waals surface area (Å²) in [5.74, 6) is 0.661. The van der Waals surface area contributed by atoms with E-state index < -0.39 is 0 Å². The molecule has 1 aromatic heterocycles. The molecule has 18 heavy (non-hydrogen) atoms. The summed E-state index contributed by atoms with van der Waals surface area (Å²) >= 11 is 0. The zero-order valence-corrected chi connectivity index (χ0v) is 10.8. The number of rotatable bonds is 3. The highest BCUT2D eigenvalue weighted by molar-refractivity contribution is 5.95. The van der Waals surface area contributed by atoms with Crippen LogP contribution in [0, 0.1) is 0 Å². The van der Waals surface area contributed by atoms with Gasteiger partial charge in [0.1, 0.15) is 5.76 Å². The number of hydrogen-bond acceptors (Lipinski definition) is 4. The molecule has 0 radical (unpaired) electrons. The average molecular weight is 253 g/mol. The van der Waals surface area contributed by atoms with Gasteiger partial charge in [-0.3, -0.25) is 4.79 Å². The maximum atomic E-state index is 12.4. The first kappa shape index (κ1) is 13.1. The first-order valence-electron chi connectivity index (χ1n) is 6.27. The summed E-state index contributed by atoms with van der Waals surface area (Å²) in [4.78, 5) is 14.2. The van der Waals surface area contributed by atoms with Crippen molar-refractivity contribution in [3.8, 4) is 0 Å². The van der Waals surface area contributed by atoms with Crippen LogP contribution in [0.4, 0.5) is 0 Å². The fourth-order valence-electron chi connectivity index (χ4n) is 2.17. The molecule has 0 spiro atoms. The Balaban J connectivity index is 2.16. The first-order valence-corrected chi connectivity index (χ1v) is 6.27. The topological polar surface area (TPSA) is 62.9 Å². The SMILES string of the molecule is CCc1occc1C(=O)N1CC(CO)OCC1C. The van der Waals surface area contributed by atoms with Crippen LogP contribution in [0.15, 0.2) is 16.7 Å². The van der Waals surface area contributed by atoms with Crippen molar-refractivity contribution in [2.45, 2.75) is 32.4 Å². The van der Waals surface area contributed by atoms with E-state index in [2.05, 4.69) is 0 Å². The molecule has 0 bridgehead atoms. The quantitative estimate of drug-likeness (QED) is 0.875. The Kier molecular flexibility index (Phi) is 4.04. The molecule has 1 aromatic rings. The molecule has 2 rings (SSSR count). The fraction of sp³-hybridized carbons (Fsp3) is 0.615. The normalized spacial score (nSPS) is 24.3. The van der Waals surface area contributed by atoms with Gasteiger partial charge in [0, 0.05) is 13.0 Å². The fourth-order valence-corrected chi connectivity index (χ4v) is 2.17. The predicted octanol–water partition coefficient (Wildman–Crippen LogP) is 1.06. The third-order valence-electron chi connectivity index (χ3n) is 3.27. The molecule has 2 heterocycles. The van der Waals surface area contributed by atoms with Gasteiger partial charge in [-0.05, 0) is 13.0 Å². The van der Waals surface area contributed by atoms with Gasteiger partial charge in [-0.1, -0.05) is 6.92 Å². The number of carbonyl (C=O) groups excluding carboxylic acids is 1. The van der Waals surface area contributed by atoms with Crippen molar-refractivity contribution in [1.82, 2.24) is 4.90 Å². The van der Waals surface area contributed by atoms with E-state index >= 15 is 0 Å². The minimum Gasteiger partial charge on any atom is -0.469 e. The van der Waals surface area contributed by atoms with Crippen LogP contribution < -0.4 is 0 Å². The number of aryl methyl sites for hydroxylation is 1. The van der Waals surface area contributed by atoms with Gasteiger partial charge in [0.25, 0.3) is 5.91 Å². The Morgan fingerprint density at radius 1 is 1.61 bits per heavy atom. The Bertz CT molecular complexity index is 415. The molecule has 2 unspecified atom stereocenters. The minimum atomic E-state index is -0.290. The molecule has 1 amide bonds. The molecule has 2 atom stereocenters. The van der Waals surface area contributed by atoms with Gasteiger partial charge in [-0.25, -0.2) is 0 Å². The number of morpholine rings is 1. The molecule has 0 aliphatic carbocycles. The number of amides is 1. The molecule has 0 aromatic carbocycles. The van der Waals surface area contributed by atoms with E-state index in [9.17, 15) is 4.79 Å². The van der Waals surface area contributed by atoms with Crippen LogP contribution in [0.3, 0.4) is 0 Å². The molecule has 0 saturated carbocycles. The van der Waals surface area contributed by atoms with Crippen LogP contribution in [-0.2, 0) is 11.2 Å². The van der Waals surface area contributed by atoms with Gasteiger partial charge >= 0.3 is 0 Å². The van der Waals surface area contributed by atoms with Crippen molar-refractivity contribution >= 4 is 5.91 Å². The van der Waals surface area contributed by atoms with Crippen molar-refractivity contribution < 1.29 is 19.1 Å². The Morgan fingerprint density at radius 3 is 3.06 bits per heavy atom. The van der Waals surface area contributed by atoms with E-state index in [1.807, 2.05) is 13.8 Å². The van der Waals surface area contributed by atoms with Crippen molar-refractivity contribution in [2.24, 2.45) is 0 Å². The van der Waals surface area contributed by atoms with Gasteiger partial charge in [0.15, 0.2) is 0 Å². The monoisotopic (exact) mass is 253 g/mol. The largest absolute Gasteiger partial charge is 0.469 e. The summed E-state index contributed by atoms with van der Waals surface area (Å²) in [6, 6.07) is 1.72. The zero-order valence-electron chi connectivity index (χ0n) is 10.8. The molecule has 5 nitrogen and oxygen atoms in total. The lowest BCUT2D eigenvalue weighted by atomic mass is 10.1. The second-order valence-electron chi connectivity index (χ2n) is 4.56. The van der Waals surface area contributed by atoms with E-state index in [0.717, 1.165) is 0 Å². The highest BCUT2D eigenvalue weighted by atomic mass is 16.5. The van der Waals surface area contributed by atoms with Crippen molar-refractivity contribution in [1.29, 1.82) is 0 Å². The third-order valence-corrected chi connectivity index (χ3v) is 3.27. The number of ether oxygens (including phenoxy) is 1. The zero-order chi connectivity index (χ0) is 13.1. The number of aliphatic hydroxyl groups excluding tert-OH is 1. The highest BCUT2D eigenvalue weighted by Gasteiger charge is 2.31. The van der Waals surface area contributed by atoms with Crippen molar-refractivity contribution in [3.05, 3.63) is 23.7 Å². The lowest BCUT2D eigenvalue weighted by Crippen LogP contribution is -2.52. The average Bonchev–Trinajstić information content (AvgIpc) is 2.86. The Morgan fingerprint density at radius 2 is 2.39 bits per heavy atom. The van der Waals surface area contributed by atoms with E-state index in [4.69, 9.17) is 14.3 Å². The van der Waals surface area contributed by atoms with Crippen LogP contribution in [0.2, 0.25) is 0 Å².